The fourth-order valence-corrected chi connectivity index (χ4v) is 6.02. The molecule has 1 aromatic heterocycles. The van der Waals surface area contributed by atoms with Crippen molar-refractivity contribution in [2.24, 2.45) is 0 Å². The summed E-state index contributed by atoms with van der Waals surface area (Å²) >= 11 is 4.42. The highest BCUT2D eigenvalue weighted by atomic mass is 127. The Morgan fingerprint density at radius 3 is 2.09 bits per heavy atom. The van der Waals surface area contributed by atoms with Crippen LogP contribution in [0.1, 0.15) is 28.4 Å². The van der Waals surface area contributed by atoms with Crippen molar-refractivity contribution in [3.63, 3.8) is 0 Å². The maximum absolute atomic E-state index is 13.2. The van der Waals surface area contributed by atoms with Gasteiger partial charge in [0.15, 0.2) is 0 Å². The van der Waals surface area contributed by atoms with Crippen LogP contribution in [0.15, 0.2) is 22.6 Å². The molecular weight excluding hydrogens is 721 g/mol. The number of halogens is 4. The molecule has 7 nitrogen and oxygen atoms in total. The van der Waals surface area contributed by atoms with Crippen LogP contribution in [-0.2, 0) is 17.8 Å². The molecule has 3 rings (SSSR count). The molecule has 0 radical (unpaired) electrons. The monoisotopic (exact) mass is 750 g/mol. The lowest BCUT2D eigenvalue weighted by Gasteiger charge is -2.17. The predicted octanol–water partition coefficient (Wildman–Crippen LogP) is 6.17. The number of ether oxygens (including phenoxy) is 2. The first kappa shape index (κ1) is 32.0. The molecule has 1 N–H and O–H groups in total. The fraction of sp³-hybridized carbons (Fsp3) is 0.375. The number of esters is 1. The van der Waals surface area contributed by atoms with Crippen LogP contribution < -0.4 is 4.74 Å². The molecule has 0 unspecified atom stereocenters. The van der Waals surface area contributed by atoms with Crippen molar-refractivity contribution in [1.82, 2.24) is 9.80 Å². The van der Waals surface area contributed by atoms with E-state index in [1.165, 1.54) is 0 Å². The van der Waals surface area contributed by atoms with Gasteiger partial charge in [-0.05, 0) is 98.5 Å². The highest BCUT2D eigenvalue weighted by Crippen LogP contribution is 2.43. The summed E-state index contributed by atoms with van der Waals surface area (Å²) in [5.74, 6) is 0.879. The van der Waals surface area contributed by atoms with Crippen LogP contribution in [0.5, 0.6) is 11.5 Å². The van der Waals surface area contributed by atoms with Gasteiger partial charge in [-0.15, -0.1) is 24.8 Å². The topological polar surface area (TPSA) is 75.4 Å². The van der Waals surface area contributed by atoms with Crippen LogP contribution in [0.3, 0.4) is 0 Å². The van der Waals surface area contributed by atoms with E-state index in [0.29, 0.717) is 40.9 Å². The van der Waals surface area contributed by atoms with Gasteiger partial charge in [0.1, 0.15) is 28.4 Å². The SMILES string of the molecule is CCOC(=O)c1c(-c2cc(I)c(OC)c(I)c2)oc2cc(CN(C)C)c(O)c(CN(C)C)c12.Cl.Cl. The summed E-state index contributed by atoms with van der Waals surface area (Å²) in [7, 11) is 9.35. The smallest absolute Gasteiger partial charge is 0.342 e. The van der Waals surface area contributed by atoms with E-state index in [4.69, 9.17) is 13.9 Å². The lowest BCUT2D eigenvalue weighted by molar-refractivity contribution is 0.0528. The Morgan fingerprint density at radius 2 is 1.60 bits per heavy atom. The predicted molar refractivity (Wildman–Crippen MR) is 161 cm³/mol. The van der Waals surface area contributed by atoms with Crippen LogP contribution in [0.25, 0.3) is 22.3 Å². The summed E-state index contributed by atoms with van der Waals surface area (Å²) in [5, 5.41) is 11.8. The third kappa shape index (κ3) is 6.86. The Labute approximate surface area is 245 Å². The van der Waals surface area contributed by atoms with E-state index in [1.807, 2.05) is 56.2 Å². The molecule has 3 aromatic rings. The number of phenolic OH excluding ortho intramolecular Hbond substituents is 1. The molecule has 0 saturated carbocycles. The number of fused-ring (bicyclic) bond motifs is 1. The Morgan fingerprint density at radius 1 is 1.03 bits per heavy atom. The number of hydrogen-bond donors (Lipinski definition) is 1. The number of phenols is 1. The minimum absolute atomic E-state index is 0. The van der Waals surface area contributed by atoms with Gasteiger partial charge in [0.05, 0.1) is 20.9 Å². The summed E-state index contributed by atoms with van der Waals surface area (Å²) in [4.78, 5) is 17.1. The lowest BCUT2D eigenvalue weighted by atomic mass is 9.98. The van der Waals surface area contributed by atoms with Crippen molar-refractivity contribution >= 4 is 86.9 Å². The van der Waals surface area contributed by atoms with E-state index in [2.05, 4.69) is 45.2 Å². The molecule has 1 heterocycles. The van der Waals surface area contributed by atoms with E-state index in [0.717, 1.165) is 24.0 Å². The van der Waals surface area contributed by atoms with Crippen LogP contribution in [-0.4, -0.2) is 62.8 Å². The van der Waals surface area contributed by atoms with Gasteiger partial charge in [0, 0.05) is 35.2 Å². The number of benzene rings is 2. The summed E-state index contributed by atoms with van der Waals surface area (Å²) < 4.78 is 19.1. The van der Waals surface area contributed by atoms with Gasteiger partial charge in [0.25, 0.3) is 0 Å². The van der Waals surface area contributed by atoms with Crippen molar-refractivity contribution in [1.29, 1.82) is 0 Å². The minimum Gasteiger partial charge on any atom is -0.507 e. The summed E-state index contributed by atoms with van der Waals surface area (Å²) in [6.45, 7) is 2.97. The quantitative estimate of drug-likeness (QED) is 0.218. The first-order valence-electron chi connectivity index (χ1n) is 10.4. The number of nitrogens with zero attached hydrogens (tertiary/aromatic N) is 2. The molecule has 0 spiro atoms. The van der Waals surface area contributed by atoms with Crippen molar-refractivity contribution in [3.05, 3.63) is 42.0 Å². The van der Waals surface area contributed by atoms with Gasteiger partial charge in [-0.2, -0.15) is 0 Å². The maximum Gasteiger partial charge on any atom is 0.342 e. The largest absolute Gasteiger partial charge is 0.507 e. The molecule has 11 heteroatoms. The third-order valence-corrected chi connectivity index (χ3v) is 6.64. The van der Waals surface area contributed by atoms with Crippen LogP contribution in [0.4, 0.5) is 0 Å². The van der Waals surface area contributed by atoms with Crippen LogP contribution in [0, 0.1) is 7.14 Å². The average Bonchev–Trinajstić information content (AvgIpc) is 3.09. The van der Waals surface area contributed by atoms with Crippen molar-refractivity contribution in [3.8, 4) is 22.8 Å². The zero-order chi connectivity index (χ0) is 24.4. The zero-order valence-corrected chi connectivity index (χ0v) is 26.3. The van der Waals surface area contributed by atoms with E-state index >= 15 is 0 Å². The van der Waals surface area contributed by atoms with Gasteiger partial charge in [-0.1, -0.05) is 0 Å². The molecule has 2 aromatic carbocycles. The Bertz CT molecular complexity index is 1180. The Balaban J connectivity index is 0.00000306. The second-order valence-corrected chi connectivity index (χ2v) is 10.5. The van der Waals surface area contributed by atoms with Gasteiger partial charge in [-0.3, -0.25) is 0 Å². The number of carbonyl (C=O) groups excluding carboxylic acids is 1. The molecule has 0 fully saturated rings. The Hall–Kier alpha value is -0.990. The van der Waals surface area contributed by atoms with E-state index in [9.17, 15) is 9.90 Å². The first-order valence-corrected chi connectivity index (χ1v) is 12.5. The van der Waals surface area contributed by atoms with Gasteiger partial charge in [-0.25, -0.2) is 4.79 Å². The number of methoxy groups -OCH3 is 1. The molecule has 0 aliphatic heterocycles. The number of hydrogen-bond acceptors (Lipinski definition) is 7. The van der Waals surface area contributed by atoms with Gasteiger partial charge >= 0.3 is 5.97 Å². The van der Waals surface area contributed by atoms with Crippen molar-refractivity contribution < 1.29 is 23.8 Å². The molecule has 0 saturated heterocycles. The third-order valence-electron chi connectivity index (χ3n) is 5.04. The Kier molecular flexibility index (Phi) is 12.4. The second-order valence-electron chi connectivity index (χ2n) is 8.21. The molecule has 35 heavy (non-hydrogen) atoms. The molecule has 0 atom stereocenters. The molecule has 194 valence electrons. The van der Waals surface area contributed by atoms with Crippen molar-refractivity contribution in [2.75, 3.05) is 41.9 Å². The summed E-state index contributed by atoms with van der Waals surface area (Å²) in [6, 6.07) is 5.66. The van der Waals surface area contributed by atoms with E-state index in [-0.39, 0.29) is 37.2 Å². The number of rotatable bonds is 8. The molecule has 0 aliphatic carbocycles. The highest BCUT2D eigenvalue weighted by Gasteiger charge is 2.29. The summed E-state index contributed by atoms with van der Waals surface area (Å²) in [5.41, 5.74) is 2.99. The maximum atomic E-state index is 13.2. The zero-order valence-electron chi connectivity index (χ0n) is 20.4. The lowest BCUT2D eigenvalue weighted by Crippen LogP contribution is -2.15. The number of aromatic hydroxyl groups is 1. The van der Waals surface area contributed by atoms with Gasteiger partial charge < -0.3 is 28.8 Å². The second kappa shape index (κ2) is 13.5. The number of furan rings is 1. The first-order chi connectivity index (χ1) is 15.6. The molecule has 0 amide bonds. The minimum atomic E-state index is -0.480. The highest BCUT2D eigenvalue weighted by molar-refractivity contribution is 14.1. The summed E-state index contributed by atoms with van der Waals surface area (Å²) in [6.07, 6.45) is 0. The van der Waals surface area contributed by atoms with Crippen LogP contribution >= 0.6 is 70.0 Å². The van der Waals surface area contributed by atoms with Crippen LogP contribution in [0.2, 0.25) is 0 Å². The van der Waals surface area contributed by atoms with E-state index in [1.54, 1.807) is 14.0 Å². The fourth-order valence-electron chi connectivity index (χ4n) is 3.81. The van der Waals surface area contributed by atoms with E-state index < -0.39 is 5.97 Å². The normalized spacial score (nSPS) is 10.9. The molecule has 0 aliphatic rings. The average molecular weight is 751 g/mol. The number of carbonyl (C=O) groups is 1. The molecule has 0 bridgehead atoms. The molecular formula is C24H30Cl2I2N2O5. The standard InChI is InChI=1S/C24H28I2N2O5.2ClH/c1-7-32-24(30)20-19-15(12-28(4)5)21(29)14(11-27(2)3)10-18(19)33-22(20)13-8-16(25)23(31-6)17(26)9-13;;/h8-10,29H,7,11-12H2,1-6H3;2*1H. The van der Waals surface area contributed by atoms with Gasteiger partial charge in [0.2, 0.25) is 0 Å². The van der Waals surface area contributed by atoms with Crippen molar-refractivity contribution in [2.45, 2.75) is 20.0 Å².